The van der Waals surface area contributed by atoms with Crippen molar-refractivity contribution in [2.45, 2.75) is 187 Å². The maximum atomic E-state index is 12.7. The van der Waals surface area contributed by atoms with Crippen LogP contribution in [0, 0.1) is 0 Å². The van der Waals surface area contributed by atoms with Crippen LogP contribution in [0.2, 0.25) is 0 Å². The number of carbonyl (C=O) groups is 3. The Balaban J connectivity index is 4.37. The second-order valence-electron chi connectivity index (χ2n) is 15.6. The van der Waals surface area contributed by atoms with Crippen molar-refractivity contribution < 1.29 is 38.2 Å². The van der Waals surface area contributed by atoms with Crippen LogP contribution in [0.3, 0.4) is 0 Å². The molecule has 0 saturated heterocycles. The predicted molar refractivity (Wildman–Crippen MR) is 222 cm³/mol. The fourth-order valence-electron chi connectivity index (χ4n) is 6.10. The van der Waals surface area contributed by atoms with Crippen molar-refractivity contribution in [3.05, 3.63) is 48.6 Å². The molecule has 0 aromatic heterocycles. The van der Waals surface area contributed by atoms with Gasteiger partial charge in [0, 0.05) is 19.3 Å². The van der Waals surface area contributed by atoms with E-state index < -0.39 is 18.1 Å². The first kappa shape index (κ1) is 51.3. The van der Waals surface area contributed by atoms with Crippen molar-refractivity contribution >= 4 is 17.9 Å². The highest BCUT2D eigenvalue weighted by Crippen LogP contribution is 2.13. The molecule has 0 bridgehead atoms. The highest BCUT2D eigenvalue weighted by atomic mass is 16.6. The van der Waals surface area contributed by atoms with Gasteiger partial charge in [-0.25, -0.2) is 0 Å². The van der Waals surface area contributed by atoms with Gasteiger partial charge in [-0.2, -0.15) is 0 Å². The molecule has 0 aliphatic carbocycles. The summed E-state index contributed by atoms with van der Waals surface area (Å²) in [5, 5.41) is 11.6. The van der Waals surface area contributed by atoms with Gasteiger partial charge in [-0.3, -0.25) is 9.59 Å². The summed E-state index contributed by atoms with van der Waals surface area (Å²) in [7, 11) is 5.39. The topological polar surface area (TPSA) is 102 Å². The molecule has 0 spiro atoms. The number of esters is 2. The Morgan fingerprint density at radius 3 is 1.63 bits per heavy atom. The van der Waals surface area contributed by atoms with Crippen LogP contribution in [0.4, 0.5) is 0 Å². The fraction of sp³-hybridized carbons (Fsp3) is 0.761. The Labute approximate surface area is 331 Å². The minimum atomic E-state index is -1.13. The molecule has 312 valence electrons. The van der Waals surface area contributed by atoms with E-state index in [1.54, 1.807) is 21.1 Å². The predicted octanol–water partition coefficient (Wildman–Crippen LogP) is 10.3. The van der Waals surface area contributed by atoms with Crippen LogP contribution in [0.5, 0.6) is 0 Å². The van der Waals surface area contributed by atoms with Gasteiger partial charge in [0.1, 0.15) is 12.6 Å². The number of carboxylic acid groups (broad SMARTS) is 1. The third-order valence-electron chi connectivity index (χ3n) is 9.48. The first-order valence-electron chi connectivity index (χ1n) is 21.7. The quantitative estimate of drug-likeness (QED) is 0.0203. The zero-order chi connectivity index (χ0) is 40.0. The molecule has 2 unspecified atom stereocenters. The number of carboxylic acids is 1. The lowest BCUT2D eigenvalue weighted by Gasteiger charge is -2.34. The monoisotopic (exact) mass is 760 g/mol. The molecule has 54 heavy (non-hydrogen) atoms. The van der Waals surface area contributed by atoms with E-state index in [1.165, 1.54) is 51.4 Å². The first-order chi connectivity index (χ1) is 26.1. The summed E-state index contributed by atoms with van der Waals surface area (Å²) >= 11 is 0. The number of allylic oxidation sites excluding steroid dienone is 8. The Morgan fingerprint density at radius 2 is 1.09 bits per heavy atom. The average molecular weight is 760 g/mol. The Kier molecular flexibility index (Phi) is 35.4. The minimum Gasteiger partial charge on any atom is -0.544 e. The van der Waals surface area contributed by atoms with E-state index >= 15 is 0 Å². The zero-order valence-electron chi connectivity index (χ0n) is 35.4. The first-order valence-corrected chi connectivity index (χ1v) is 21.7. The van der Waals surface area contributed by atoms with E-state index in [2.05, 4.69) is 62.5 Å². The van der Waals surface area contributed by atoms with Crippen LogP contribution in [0.15, 0.2) is 48.6 Å². The van der Waals surface area contributed by atoms with Gasteiger partial charge in [0.05, 0.1) is 40.3 Å². The molecule has 0 aliphatic heterocycles. The number of unbranched alkanes of at least 4 members (excludes halogenated alkanes) is 17. The Morgan fingerprint density at radius 1 is 0.593 bits per heavy atom. The SMILES string of the molecule is CC/C=C/C/C=C/CCCCCCCC(=O)OC(COCCC(C(=O)[O-])[N+](C)(C)C)COC(=O)CCCCCCC/C=C/C=C/CCCCCCCCC. The molecule has 0 N–H and O–H groups in total. The molecule has 0 radical (unpaired) electrons. The highest BCUT2D eigenvalue weighted by Gasteiger charge is 2.25. The summed E-state index contributed by atoms with van der Waals surface area (Å²) in [6.45, 7) is 4.51. The molecule has 8 nitrogen and oxygen atoms in total. The fourth-order valence-corrected chi connectivity index (χ4v) is 6.10. The molecular weight excluding hydrogens is 679 g/mol. The molecular formula is C46H81NO7. The summed E-state index contributed by atoms with van der Waals surface area (Å²) in [5.41, 5.74) is 0. The number of rotatable bonds is 38. The smallest absolute Gasteiger partial charge is 0.306 e. The summed E-state index contributed by atoms with van der Waals surface area (Å²) in [5.74, 6) is -1.78. The standard InChI is InChI=1S/C46H81NO7/c1-6-8-10-12-14-16-18-20-21-22-23-24-25-27-28-30-32-34-36-44(48)53-41-42(40-52-39-38-43(46(50)51)47(3,4)5)54-45(49)37-35-33-31-29-26-19-17-15-13-11-9-7-2/h9,11,15,17,21-24,42-43H,6-8,10,12-14,16,18-20,25-41H2,1-5H3/b11-9+,17-15+,22-21+,24-23+. The summed E-state index contributed by atoms with van der Waals surface area (Å²) in [6.07, 6.45) is 42.8. The van der Waals surface area contributed by atoms with Crippen molar-refractivity contribution in [2.75, 3.05) is 41.0 Å². The van der Waals surface area contributed by atoms with E-state index in [0.717, 1.165) is 89.9 Å². The number of aliphatic carboxylic acids is 1. The molecule has 0 rings (SSSR count). The lowest BCUT2D eigenvalue weighted by atomic mass is 10.1. The van der Waals surface area contributed by atoms with E-state index in [9.17, 15) is 19.5 Å². The number of ether oxygens (including phenoxy) is 3. The number of quaternary nitrogens is 1. The van der Waals surface area contributed by atoms with Crippen molar-refractivity contribution in [3.8, 4) is 0 Å². The van der Waals surface area contributed by atoms with Crippen molar-refractivity contribution in [2.24, 2.45) is 0 Å². The van der Waals surface area contributed by atoms with E-state index in [4.69, 9.17) is 14.2 Å². The number of nitrogens with zero attached hydrogens (tertiary/aromatic N) is 1. The van der Waals surface area contributed by atoms with Gasteiger partial charge in [0.25, 0.3) is 0 Å². The second kappa shape index (κ2) is 37.2. The normalized spacial score (nSPS) is 13.4. The molecule has 2 atom stereocenters. The van der Waals surface area contributed by atoms with Gasteiger partial charge in [-0.1, -0.05) is 140 Å². The zero-order valence-corrected chi connectivity index (χ0v) is 35.4. The van der Waals surface area contributed by atoms with Crippen molar-refractivity contribution in [1.82, 2.24) is 0 Å². The number of hydrogen-bond donors (Lipinski definition) is 0. The summed E-state index contributed by atoms with van der Waals surface area (Å²) in [6, 6.07) is -0.731. The third-order valence-corrected chi connectivity index (χ3v) is 9.48. The molecule has 0 aromatic carbocycles. The second-order valence-corrected chi connectivity index (χ2v) is 15.6. The largest absolute Gasteiger partial charge is 0.544 e. The van der Waals surface area contributed by atoms with Gasteiger partial charge >= 0.3 is 11.9 Å². The third kappa shape index (κ3) is 35.0. The lowest BCUT2D eigenvalue weighted by molar-refractivity contribution is -0.889. The molecule has 0 amide bonds. The molecule has 8 heteroatoms. The van der Waals surface area contributed by atoms with Crippen LogP contribution >= 0.6 is 0 Å². The number of hydrogen-bond acceptors (Lipinski definition) is 7. The summed E-state index contributed by atoms with van der Waals surface area (Å²) in [4.78, 5) is 36.8. The van der Waals surface area contributed by atoms with Crippen LogP contribution in [-0.4, -0.2) is 75.5 Å². The number of likely N-dealkylation sites (N-methyl/N-ethyl adjacent to an activating group) is 1. The molecule has 0 heterocycles. The Hall–Kier alpha value is -2.71. The van der Waals surface area contributed by atoms with E-state index in [0.29, 0.717) is 12.8 Å². The van der Waals surface area contributed by atoms with Gasteiger partial charge in [0.15, 0.2) is 6.10 Å². The van der Waals surface area contributed by atoms with Gasteiger partial charge < -0.3 is 28.6 Å². The van der Waals surface area contributed by atoms with Gasteiger partial charge in [-0.15, -0.1) is 0 Å². The Bertz CT molecular complexity index is 1030. The van der Waals surface area contributed by atoms with Gasteiger partial charge in [0.2, 0.25) is 0 Å². The summed E-state index contributed by atoms with van der Waals surface area (Å²) < 4.78 is 17.1. The minimum absolute atomic E-state index is 0.0289. The van der Waals surface area contributed by atoms with Crippen LogP contribution < -0.4 is 5.11 Å². The molecule has 0 saturated carbocycles. The lowest BCUT2D eigenvalue weighted by Crippen LogP contribution is -2.55. The van der Waals surface area contributed by atoms with Crippen molar-refractivity contribution in [3.63, 3.8) is 0 Å². The maximum Gasteiger partial charge on any atom is 0.306 e. The van der Waals surface area contributed by atoms with E-state index in [1.807, 2.05) is 0 Å². The molecule has 0 fully saturated rings. The van der Waals surface area contributed by atoms with Crippen LogP contribution in [-0.2, 0) is 28.6 Å². The number of carbonyl (C=O) groups excluding carboxylic acids is 3. The van der Waals surface area contributed by atoms with Crippen LogP contribution in [0.25, 0.3) is 0 Å². The average Bonchev–Trinajstić information content (AvgIpc) is 3.12. The van der Waals surface area contributed by atoms with Crippen molar-refractivity contribution in [1.29, 1.82) is 0 Å². The van der Waals surface area contributed by atoms with Crippen LogP contribution in [0.1, 0.15) is 174 Å². The van der Waals surface area contributed by atoms with E-state index in [-0.39, 0.29) is 42.7 Å². The molecule has 0 aromatic rings. The molecule has 0 aliphatic rings. The maximum absolute atomic E-state index is 12.7. The highest BCUT2D eigenvalue weighted by molar-refractivity contribution is 5.70. The van der Waals surface area contributed by atoms with Gasteiger partial charge in [-0.05, 0) is 64.2 Å².